The lowest BCUT2D eigenvalue weighted by Gasteiger charge is -2.08. The Bertz CT molecular complexity index is 968. The van der Waals surface area contributed by atoms with Gasteiger partial charge in [0.1, 0.15) is 0 Å². The average Bonchev–Trinajstić information content (AvgIpc) is 2.90. The highest BCUT2D eigenvalue weighted by Gasteiger charge is 2.17. The van der Waals surface area contributed by atoms with Crippen molar-refractivity contribution in [3.8, 4) is 5.82 Å². The van der Waals surface area contributed by atoms with E-state index in [1.165, 1.54) is 0 Å². The molecule has 0 unspecified atom stereocenters. The van der Waals surface area contributed by atoms with Crippen LogP contribution in [0.1, 0.15) is 27.7 Å². The third-order valence-electron chi connectivity index (χ3n) is 3.30. The van der Waals surface area contributed by atoms with Crippen molar-refractivity contribution in [3.63, 3.8) is 0 Å². The molecule has 4 N–H and O–H groups in total. The predicted molar refractivity (Wildman–Crippen MR) is 93.6 cm³/mol. The zero-order valence-electron chi connectivity index (χ0n) is 14.0. The van der Waals surface area contributed by atoms with Crippen LogP contribution in [0.3, 0.4) is 0 Å². The molecule has 0 aliphatic carbocycles. The summed E-state index contributed by atoms with van der Waals surface area (Å²) in [5, 5.41) is 4.48. The van der Waals surface area contributed by atoms with Gasteiger partial charge >= 0.3 is 5.97 Å². The minimum absolute atomic E-state index is 0.0493. The molecule has 0 bridgehead atoms. The molecule has 3 heterocycles. The highest BCUT2D eigenvalue weighted by atomic mass is 35.5. The Kier molecular flexibility index (Phi) is 4.67. The number of rotatable bonds is 4. The normalized spacial score (nSPS) is 10.7. The van der Waals surface area contributed by atoms with Gasteiger partial charge in [-0.3, -0.25) is 0 Å². The van der Waals surface area contributed by atoms with Gasteiger partial charge in [0.2, 0.25) is 11.9 Å². The Morgan fingerprint density at radius 3 is 2.46 bits per heavy atom. The molecule has 134 valence electrons. The Labute approximate surface area is 153 Å². The minimum atomic E-state index is -0.740. The maximum atomic E-state index is 12.3. The van der Waals surface area contributed by atoms with Crippen molar-refractivity contribution in [2.24, 2.45) is 0 Å². The number of esters is 1. The van der Waals surface area contributed by atoms with Gasteiger partial charge in [0, 0.05) is 5.69 Å². The molecular weight excluding hydrogens is 360 g/mol. The van der Waals surface area contributed by atoms with Crippen molar-refractivity contribution >= 4 is 29.5 Å². The number of pyridine rings is 1. The van der Waals surface area contributed by atoms with E-state index in [0.29, 0.717) is 5.82 Å². The van der Waals surface area contributed by atoms with E-state index in [2.05, 4.69) is 25.0 Å². The molecule has 0 radical (unpaired) electrons. The molecule has 0 spiro atoms. The lowest BCUT2D eigenvalue weighted by Crippen LogP contribution is -2.13. The Morgan fingerprint density at radius 2 is 1.85 bits per heavy atom. The number of carbonyl (C=O) groups excluding carboxylic acids is 1. The van der Waals surface area contributed by atoms with Crippen LogP contribution in [-0.2, 0) is 11.3 Å². The van der Waals surface area contributed by atoms with Crippen LogP contribution in [0.25, 0.3) is 5.82 Å². The summed E-state index contributed by atoms with van der Waals surface area (Å²) >= 11 is 6.08. The van der Waals surface area contributed by atoms with Crippen molar-refractivity contribution in [1.29, 1.82) is 0 Å². The number of aromatic nitrogens is 6. The minimum Gasteiger partial charge on any atom is -0.453 e. The summed E-state index contributed by atoms with van der Waals surface area (Å²) in [6, 6.07) is 5.10. The van der Waals surface area contributed by atoms with Gasteiger partial charge in [0.15, 0.2) is 23.9 Å². The maximum absolute atomic E-state index is 12.3. The van der Waals surface area contributed by atoms with Gasteiger partial charge in [0.25, 0.3) is 0 Å². The molecule has 0 saturated carbocycles. The van der Waals surface area contributed by atoms with Crippen LogP contribution in [-0.4, -0.2) is 35.7 Å². The monoisotopic (exact) mass is 374 g/mol. The second kappa shape index (κ2) is 6.92. The number of ether oxygens (including phenoxy) is 1. The van der Waals surface area contributed by atoms with E-state index < -0.39 is 5.97 Å². The lowest BCUT2D eigenvalue weighted by atomic mass is 10.3. The van der Waals surface area contributed by atoms with E-state index >= 15 is 0 Å². The molecule has 3 aromatic heterocycles. The van der Waals surface area contributed by atoms with Gasteiger partial charge in [0.05, 0.1) is 10.7 Å². The largest absolute Gasteiger partial charge is 0.453 e. The number of nitrogen functional groups attached to an aromatic ring is 2. The van der Waals surface area contributed by atoms with Crippen LogP contribution in [0.5, 0.6) is 0 Å². The van der Waals surface area contributed by atoms with E-state index in [1.54, 1.807) is 16.8 Å². The highest BCUT2D eigenvalue weighted by molar-refractivity contribution is 6.33. The number of hydrogen-bond donors (Lipinski definition) is 2. The first-order valence-corrected chi connectivity index (χ1v) is 7.84. The summed E-state index contributed by atoms with van der Waals surface area (Å²) in [5.74, 6) is -0.303. The van der Waals surface area contributed by atoms with Crippen LogP contribution >= 0.6 is 11.6 Å². The van der Waals surface area contributed by atoms with Crippen molar-refractivity contribution in [1.82, 2.24) is 29.7 Å². The van der Waals surface area contributed by atoms with Gasteiger partial charge in [-0.1, -0.05) is 11.6 Å². The number of nitrogens with two attached hydrogens (primary N) is 2. The van der Waals surface area contributed by atoms with Gasteiger partial charge in [-0.15, -0.1) is 0 Å². The summed E-state index contributed by atoms with van der Waals surface area (Å²) in [6.07, 6.45) is 0. The second-order valence-electron chi connectivity index (χ2n) is 5.38. The summed E-state index contributed by atoms with van der Waals surface area (Å²) in [5.41, 5.74) is 12.6. The molecule has 0 atom stereocenters. The molecule has 0 fully saturated rings. The second-order valence-corrected chi connectivity index (χ2v) is 5.79. The molecule has 26 heavy (non-hydrogen) atoms. The smallest absolute Gasteiger partial charge is 0.359 e. The van der Waals surface area contributed by atoms with Crippen molar-refractivity contribution < 1.29 is 9.53 Å². The van der Waals surface area contributed by atoms with Crippen LogP contribution in [0.4, 0.5) is 11.9 Å². The number of hydrogen-bond acceptors (Lipinski definition) is 9. The van der Waals surface area contributed by atoms with Gasteiger partial charge < -0.3 is 16.2 Å². The van der Waals surface area contributed by atoms with Crippen LogP contribution in [0.2, 0.25) is 5.02 Å². The molecule has 3 aromatic rings. The van der Waals surface area contributed by atoms with E-state index in [0.717, 1.165) is 11.4 Å². The van der Waals surface area contributed by atoms with E-state index in [4.69, 9.17) is 27.8 Å². The van der Waals surface area contributed by atoms with Crippen LogP contribution < -0.4 is 11.5 Å². The predicted octanol–water partition coefficient (Wildman–Crippen LogP) is 1.24. The first-order chi connectivity index (χ1) is 12.3. The standard InChI is InChI=1S/C15H15ClN8O2/c1-7-5-8(2)24(23-7)11-4-3-9(16)12(21-11)13(25)26-6-10-19-14(17)22-15(18)20-10/h3-5H,6H2,1-2H3,(H4,17,18,19,20,22). The number of anilines is 2. The topological polar surface area (TPSA) is 148 Å². The summed E-state index contributed by atoms with van der Waals surface area (Å²) in [4.78, 5) is 27.9. The fourth-order valence-electron chi connectivity index (χ4n) is 2.27. The Morgan fingerprint density at radius 1 is 1.15 bits per heavy atom. The number of halogens is 1. The SMILES string of the molecule is Cc1cc(C)n(-c2ccc(Cl)c(C(=O)OCc3nc(N)nc(N)n3)n2)n1. The van der Waals surface area contributed by atoms with Crippen molar-refractivity contribution in [2.45, 2.75) is 20.5 Å². The number of aryl methyl sites for hydroxylation is 2. The number of nitrogens with zero attached hydrogens (tertiary/aromatic N) is 6. The van der Waals surface area contributed by atoms with E-state index in [1.807, 2.05) is 19.9 Å². The summed E-state index contributed by atoms with van der Waals surface area (Å²) in [6.45, 7) is 3.49. The zero-order chi connectivity index (χ0) is 18.8. The number of carbonyl (C=O) groups is 1. The first kappa shape index (κ1) is 17.5. The van der Waals surface area contributed by atoms with Gasteiger partial charge in [-0.25, -0.2) is 14.5 Å². The molecule has 11 heteroatoms. The van der Waals surface area contributed by atoms with Crippen LogP contribution in [0, 0.1) is 13.8 Å². The van der Waals surface area contributed by atoms with E-state index in [-0.39, 0.29) is 35.0 Å². The zero-order valence-corrected chi connectivity index (χ0v) is 14.7. The fourth-order valence-corrected chi connectivity index (χ4v) is 2.46. The highest BCUT2D eigenvalue weighted by Crippen LogP contribution is 2.19. The van der Waals surface area contributed by atoms with Crippen LogP contribution in [0.15, 0.2) is 18.2 Å². The Balaban J connectivity index is 1.82. The third-order valence-corrected chi connectivity index (χ3v) is 3.60. The third kappa shape index (κ3) is 3.70. The maximum Gasteiger partial charge on any atom is 0.359 e. The van der Waals surface area contributed by atoms with Crippen molar-refractivity contribution in [2.75, 3.05) is 11.5 Å². The van der Waals surface area contributed by atoms with E-state index in [9.17, 15) is 4.79 Å². The molecular formula is C15H15ClN8O2. The lowest BCUT2D eigenvalue weighted by molar-refractivity contribution is 0.0455. The Hall–Kier alpha value is -3.27. The van der Waals surface area contributed by atoms with Gasteiger partial charge in [-0.05, 0) is 32.0 Å². The molecule has 0 aliphatic heterocycles. The molecule has 0 aliphatic rings. The molecule has 0 saturated heterocycles. The quantitative estimate of drug-likeness (QED) is 0.643. The summed E-state index contributed by atoms with van der Waals surface area (Å²) < 4.78 is 6.76. The average molecular weight is 375 g/mol. The molecule has 0 aromatic carbocycles. The summed E-state index contributed by atoms with van der Waals surface area (Å²) in [7, 11) is 0. The van der Waals surface area contributed by atoms with Gasteiger partial charge in [-0.2, -0.15) is 20.1 Å². The molecule has 0 amide bonds. The first-order valence-electron chi connectivity index (χ1n) is 7.46. The molecule has 10 nitrogen and oxygen atoms in total. The molecule has 3 rings (SSSR count). The fraction of sp³-hybridized carbons (Fsp3) is 0.200. The van der Waals surface area contributed by atoms with Crippen molar-refractivity contribution in [3.05, 3.63) is 46.1 Å².